The molecule has 0 aliphatic heterocycles. The van der Waals surface area contributed by atoms with Crippen LogP contribution in [-0.4, -0.2) is 17.9 Å². The Labute approximate surface area is 138 Å². The van der Waals surface area contributed by atoms with Gasteiger partial charge in [0, 0.05) is 16.5 Å². The molecule has 0 bridgehead atoms. The van der Waals surface area contributed by atoms with E-state index in [1.54, 1.807) is 37.5 Å². The summed E-state index contributed by atoms with van der Waals surface area (Å²) in [5, 5.41) is 2.80. The van der Waals surface area contributed by atoms with Crippen molar-refractivity contribution >= 4 is 23.2 Å². The van der Waals surface area contributed by atoms with Gasteiger partial charge in [0.2, 0.25) is 0 Å². The number of ketones is 1. The first-order valence-corrected chi connectivity index (χ1v) is 8.01. The Morgan fingerprint density at radius 1 is 1.13 bits per heavy atom. The van der Waals surface area contributed by atoms with Crippen molar-refractivity contribution in [2.45, 2.75) is 0 Å². The molecule has 1 heterocycles. The summed E-state index contributed by atoms with van der Waals surface area (Å²) in [5.74, 6) is 0.602. The third kappa shape index (κ3) is 3.73. The lowest BCUT2D eigenvalue weighted by atomic mass is 10.1. The maximum absolute atomic E-state index is 12.2. The monoisotopic (exact) mass is 321 g/mol. The Hall–Kier alpha value is -2.72. The second-order valence-electron chi connectivity index (χ2n) is 4.87. The minimum atomic E-state index is -0.0691. The van der Waals surface area contributed by atoms with Crippen LogP contribution in [0, 0.1) is 0 Å². The number of benzene rings is 2. The van der Waals surface area contributed by atoms with Gasteiger partial charge in [-0.25, -0.2) is 4.98 Å². The fourth-order valence-electron chi connectivity index (χ4n) is 2.13. The molecule has 0 atom stereocenters. The van der Waals surface area contributed by atoms with Crippen molar-refractivity contribution in [3.63, 3.8) is 0 Å². The average Bonchev–Trinajstić information content (AvgIpc) is 3.09. The maximum atomic E-state index is 12.2. The lowest BCUT2D eigenvalue weighted by molar-refractivity contribution is 0.104. The predicted octanol–water partition coefficient (Wildman–Crippen LogP) is 4.71. The highest BCUT2D eigenvalue weighted by Crippen LogP contribution is 2.22. The number of carbonyl (C=O) groups is 1. The van der Waals surface area contributed by atoms with Crippen LogP contribution in [0.3, 0.4) is 0 Å². The molecule has 2 aromatic carbocycles. The molecule has 0 spiro atoms. The molecule has 3 rings (SSSR count). The Kier molecular flexibility index (Phi) is 4.64. The van der Waals surface area contributed by atoms with Gasteiger partial charge in [-0.2, -0.15) is 0 Å². The number of hydrogen-bond acceptors (Lipinski definition) is 4. The van der Waals surface area contributed by atoms with Crippen LogP contribution in [0.4, 0.5) is 0 Å². The summed E-state index contributed by atoms with van der Waals surface area (Å²) in [4.78, 5) is 16.7. The number of ether oxygens (including phenoxy) is 1. The van der Waals surface area contributed by atoms with Crippen molar-refractivity contribution in [1.29, 1.82) is 0 Å². The van der Waals surface area contributed by atoms with Crippen molar-refractivity contribution in [2.75, 3.05) is 7.11 Å². The zero-order valence-electron chi connectivity index (χ0n) is 12.6. The first kappa shape index (κ1) is 15.2. The molecular weight excluding hydrogens is 306 g/mol. The summed E-state index contributed by atoms with van der Waals surface area (Å²) in [7, 11) is 1.58. The van der Waals surface area contributed by atoms with E-state index in [9.17, 15) is 4.79 Å². The molecular formula is C19H15NO2S. The van der Waals surface area contributed by atoms with Crippen molar-refractivity contribution in [1.82, 2.24) is 4.98 Å². The summed E-state index contributed by atoms with van der Waals surface area (Å²) in [6.45, 7) is 0. The second-order valence-corrected chi connectivity index (χ2v) is 5.76. The lowest BCUT2D eigenvalue weighted by Crippen LogP contribution is -1.94. The summed E-state index contributed by atoms with van der Waals surface area (Å²) >= 11 is 1.51. The van der Waals surface area contributed by atoms with Crippen LogP contribution in [0.2, 0.25) is 0 Å². The van der Waals surface area contributed by atoms with Gasteiger partial charge in [-0.3, -0.25) is 4.79 Å². The second kappa shape index (κ2) is 7.03. The first-order valence-electron chi connectivity index (χ1n) is 7.13. The first-order chi connectivity index (χ1) is 11.3. The Bertz CT molecular complexity index is 837. The molecule has 3 nitrogen and oxygen atoms in total. The smallest absolute Gasteiger partial charge is 0.186 e. The lowest BCUT2D eigenvalue weighted by Gasteiger charge is -2.00. The highest BCUT2D eigenvalue weighted by Gasteiger charge is 2.05. The Morgan fingerprint density at radius 3 is 2.74 bits per heavy atom. The number of thiazole rings is 1. The van der Waals surface area contributed by atoms with E-state index in [0.29, 0.717) is 11.3 Å². The van der Waals surface area contributed by atoms with Crippen LogP contribution in [0.25, 0.3) is 17.3 Å². The van der Waals surface area contributed by atoms with Crippen LogP contribution in [-0.2, 0) is 0 Å². The zero-order valence-corrected chi connectivity index (χ0v) is 13.4. The van der Waals surface area contributed by atoms with E-state index in [0.717, 1.165) is 16.3 Å². The topological polar surface area (TPSA) is 39.2 Å². The van der Waals surface area contributed by atoms with Crippen LogP contribution in [0.1, 0.15) is 15.4 Å². The van der Waals surface area contributed by atoms with Gasteiger partial charge in [0.05, 0.1) is 12.8 Å². The van der Waals surface area contributed by atoms with Crippen LogP contribution in [0.5, 0.6) is 5.75 Å². The number of carbonyl (C=O) groups excluding carboxylic acids is 1. The van der Waals surface area contributed by atoms with E-state index in [-0.39, 0.29) is 5.78 Å². The molecule has 4 heteroatoms. The van der Waals surface area contributed by atoms with E-state index in [4.69, 9.17) is 4.74 Å². The van der Waals surface area contributed by atoms with Crippen molar-refractivity contribution in [3.05, 3.63) is 76.6 Å². The van der Waals surface area contributed by atoms with Gasteiger partial charge in [-0.1, -0.05) is 42.5 Å². The third-order valence-corrected chi connectivity index (χ3v) is 4.13. The fourth-order valence-corrected chi connectivity index (χ4v) is 2.84. The van der Waals surface area contributed by atoms with Gasteiger partial charge in [0.25, 0.3) is 0 Å². The number of rotatable bonds is 5. The molecule has 0 fully saturated rings. The minimum absolute atomic E-state index is 0.0691. The van der Waals surface area contributed by atoms with Crippen molar-refractivity contribution in [2.24, 2.45) is 0 Å². The largest absolute Gasteiger partial charge is 0.497 e. The standard InChI is InChI=1S/C19H15NO2S/c1-22-16-9-5-8-15(12-16)18(21)10-11-19-20-17(13-23-19)14-6-3-2-4-7-14/h2-13H,1H3/b11-10+. The number of hydrogen-bond donors (Lipinski definition) is 0. The summed E-state index contributed by atoms with van der Waals surface area (Å²) < 4.78 is 5.13. The van der Waals surface area contributed by atoms with Crippen molar-refractivity contribution < 1.29 is 9.53 Å². The van der Waals surface area contributed by atoms with Gasteiger partial charge in [-0.05, 0) is 24.3 Å². The normalized spacial score (nSPS) is 10.8. The summed E-state index contributed by atoms with van der Waals surface area (Å²) in [6, 6.07) is 17.1. The minimum Gasteiger partial charge on any atom is -0.497 e. The van der Waals surface area contributed by atoms with Crippen molar-refractivity contribution in [3.8, 4) is 17.0 Å². The number of aromatic nitrogens is 1. The SMILES string of the molecule is COc1cccc(C(=O)/C=C/c2nc(-c3ccccc3)cs2)c1. The number of methoxy groups -OCH3 is 1. The Balaban J connectivity index is 1.75. The zero-order chi connectivity index (χ0) is 16.1. The quantitative estimate of drug-likeness (QED) is 0.504. The van der Waals surface area contributed by atoms with Gasteiger partial charge < -0.3 is 4.74 Å². The molecule has 0 aliphatic carbocycles. The van der Waals surface area contributed by atoms with E-state index in [1.807, 2.05) is 41.8 Å². The molecule has 0 saturated carbocycles. The predicted molar refractivity (Wildman–Crippen MR) is 93.9 cm³/mol. The van der Waals surface area contributed by atoms with Gasteiger partial charge >= 0.3 is 0 Å². The van der Waals surface area contributed by atoms with Gasteiger partial charge in [0.15, 0.2) is 5.78 Å². The molecule has 23 heavy (non-hydrogen) atoms. The van der Waals surface area contributed by atoms with E-state index < -0.39 is 0 Å². The molecule has 0 N–H and O–H groups in total. The summed E-state index contributed by atoms with van der Waals surface area (Å²) in [5.41, 5.74) is 2.59. The van der Waals surface area contributed by atoms with Crippen LogP contribution >= 0.6 is 11.3 Å². The number of allylic oxidation sites excluding steroid dienone is 1. The van der Waals surface area contributed by atoms with Crippen LogP contribution in [0.15, 0.2) is 66.1 Å². The van der Waals surface area contributed by atoms with E-state index in [1.165, 1.54) is 11.3 Å². The molecule has 0 amide bonds. The molecule has 0 aliphatic rings. The molecule has 1 aromatic heterocycles. The molecule has 0 unspecified atom stereocenters. The molecule has 3 aromatic rings. The Morgan fingerprint density at radius 2 is 1.96 bits per heavy atom. The highest BCUT2D eigenvalue weighted by atomic mass is 32.1. The average molecular weight is 321 g/mol. The van der Waals surface area contributed by atoms with Gasteiger partial charge in [0.1, 0.15) is 10.8 Å². The molecule has 0 saturated heterocycles. The molecule has 114 valence electrons. The number of nitrogens with zero attached hydrogens (tertiary/aromatic N) is 1. The van der Waals surface area contributed by atoms with E-state index >= 15 is 0 Å². The fraction of sp³-hybridized carbons (Fsp3) is 0.0526. The third-order valence-electron chi connectivity index (χ3n) is 3.32. The summed E-state index contributed by atoms with van der Waals surface area (Å²) in [6.07, 6.45) is 3.29. The van der Waals surface area contributed by atoms with Gasteiger partial charge in [-0.15, -0.1) is 11.3 Å². The molecule has 0 radical (unpaired) electrons. The highest BCUT2D eigenvalue weighted by molar-refractivity contribution is 7.10. The maximum Gasteiger partial charge on any atom is 0.186 e. The van der Waals surface area contributed by atoms with E-state index in [2.05, 4.69) is 4.98 Å². The van der Waals surface area contributed by atoms with Crippen LogP contribution < -0.4 is 4.74 Å².